The first-order valence-corrected chi connectivity index (χ1v) is 3.72. The molecule has 0 atom stereocenters. The van der Waals surface area contributed by atoms with Crippen LogP contribution in [-0.4, -0.2) is 24.4 Å². The number of halogens is 1. The predicted molar refractivity (Wildman–Crippen MR) is 45.2 cm³/mol. The lowest BCUT2D eigenvalue weighted by Crippen LogP contribution is -2.14. The van der Waals surface area contributed by atoms with Gasteiger partial charge in [0.25, 0.3) is 0 Å². The third kappa shape index (κ3) is 3.50. The summed E-state index contributed by atoms with van der Waals surface area (Å²) in [6.45, 7) is -0.902. The second-order valence-electron chi connectivity index (χ2n) is 2.19. The van der Waals surface area contributed by atoms with Gasteiger partial charge in [-0.3, -0.25) is 10.3 Å². The minimum Gasteiger partial charge on any atom is -0.447 e. The normalized spacial score (nSPS) is 9.31. The Balaban J connectivity index is 2.37. The molecular formula is C8H9FN2O2. The summed E-state index contributed by atoms with van der Waals surface area (Å²) in [5.74, 6) is 0. The first-order valence-electron chi connectivity index (χ1n) is 3.72. The molecule has 0 bridgehead atoms. The molecule has 0 aliphatic heterocycles. The van der Waals surface area contributed by atoms with E-state index in [1.807, 2.05) is 0 Å². The molecule has 0 radical (unpaired) electrons. The van der Waals surface area contributed by atoms with Crippen LogP contribution in [0.15, 0.2) is 24.5 Å². The molecule has 0 fully saturated rings. The van der Waals surface area contributed by atoms with Gasteiger partial charge in [-0.05, 0) is 12.1 Å². The standard InChI is InChI=1S/C8H9FN2O2/c9-3-6-13-8(12)11-7-1-4-10-5-2-7/h1-2,4-5H,3,6H2,(H,10,11,12). The molecule has 0 aliphatic carbocycles. The van der Waals surface area contributed by atoms with Crippen molar-refractivity contribution in [1.29, 1.82) is 0 Å². The lowest BCUT2D eigenvalue weighted by molar-refractivity contribution is 0.152. The van der Waals surface area contributed by atoms with Crippen molar-refractivity contribution in [1.82, 2.24) is 4.98 Å². The van der Waals surface area contributed by atoms with Crippen LogP contribution in [0.5, 0.6) is 0 Å². The van der Waals surface area contributed by atoms with Gasteiger partial charge in [-0.25, -0.2) is 9.18 Å². The average molecular weight is 184 g/mol. The Morgan fingerprint density at radius 3 is 2.85 bits per heavy atom. The highest BCUT2D eigenvalue weighted by atomic mass is 19.1. The maximum Gasteiger partial charge on any atom is 0.411 e. The van der Waals surface area contributed by atoms with E-state index < -0.39 is 12.8 Å². The molecular weight excluding hydrogens is 175 g/mol. The van der Waals surface area contributed by atoms with Crippen molar-refractivity contribution in [2.75, 3.05) is 18.6 Å². The first kappa shape index (κ1) is 9.44. The van der Waals surface area contributed by atoms with E-state index in [1.54, 1.807) is 12.1 Å². The van der Waals surface area contributed by atoms with Crippen molar-refractivity contribution >= 4 is 11.8 Å². The molecule has 1 aromatic rings. The van der Waals surface area contributed by atoms with E-state index in [4.69, 9.17) is 0 Å². The number of aromatic nitrogens is 1. The van der Waals surface area contributed by atoms with Crippen LogP contribution in [0.1, 0.15) is 0 Å². The van der Waals surface area contributed by atoms with E-state index in [0.717, 1.165) is 0 Å². The second-order valence-corrected chi connectivity index (χ2v) is 2.19. The van der Waals surface area contributed by atoms with Gasteiger partial charge in [0.2, 0.25) is 0 Å². The molecule has 0 aromatic carbocycles. The molecule has 5 heteroatoms. The molecule has 0 unspecified atom stereocenters. The lowest BCUT2D eigenvalue weighted by atomic mass is 10.4. The van der Waals surface area contributed by atoms with Crippen LogP contribution in [0.25, 0.3) is 0 Å². The highest BCUT2D eigenvalue weighted by Gasteiger charge is 2.00. The fourth-order valence-corrected chi connectivity index (χ4v) is 0.720. The van der Waals surface area contributed by atoms with Crippen molar-refractivity contribution in [2.24, 2.45) is 0 Å². The fraction of sp³-hybridized carbons (Fsp3) is 0.250. The molecule has 13 heavy (non-hydrogen) atoms. The average Bonchev–Trinajstić information content (AvgIpc) is 2.16. The summed E-state index contributed by atoms with van der Waals surface area (Å²) in [4.78, 5) is 14.6. The van der Waals surface area contributed by atoms with Crippen molar-refractivity contribution in [3.05, 3.63) is 24.5 Å². The number of rotatable bonds is 3. The monoisotopic (exact) mass is 184 g/mol. The van der Waals surface area contributed by atoms with Crippen LogP contribution < -0.4 is 5.32 Å². The number of hydrogen-bond acceptors (Lipinski definition) is 3. The summed E-state index contributed by atoms with van der Waals surface area (Å²) >= 11 is 0. The summed E-state index contributed by atoms with van der Waals surface area (Å²) in [5, 5.41) is 2.41. The van der Waals surface area contributed by atoms with Crippen LogP contribution in [0.4, 0.5) is 14.9 Å². The van der Waals surface area contributed by atoms with E-state index in [0.29, 0.717) is 5.69 Å². The molecule has 1 N–H and O–H groups in total. The number of anilines is 1. The molecule has 70 valence electrons. The van der Waals surface area contributed by atoms with Crippen molar-refractivity contribution < 1.29 is 13.9 Å². The lowest BCUT2D eigenvalue weighted by Gasteiger charge is -2.03. The number of alkyl halides is 1. The molecule has 1 heterocycles. The van der Waals surface area contributed by atoms with Gasteiger partial charge < -0.3 is 4.74 Å². The number of nitrogens with zero attached hydrogens (tertiary/aromatic N) is 1. The van der Waals surface area contributed by atoms with Gasteiger partial charge in [-0.2, -0.15) is 0 Å². The fourth-order valence-electron chi connectivity index (χ4n) is 0.720. The molecule has 1 amide bonds. The third-order valence-electron chi connectivity index (χ3n) is 1.24. The Kier molecular flexibility index (Phi) is 3.69. The second kappa shape index (κ2) is 5.08. The quantitative estimate of drug-likeness (QED) is 0.776. The van der Waals surface area contributed by atoms with Crippen LogP contribution >= 0.6 is 0 Å². The summed E-state index contributed by atoms with van der Waals surface area (Å²) in [5.41, 5.74) is 0.568. The maximum atomic E-state index is 11.6. The highest BCUT2D eigenvalue weighted by Crippen LogP contribution is 2.03. The zero-order chi connectivity index (χ0) is 9.52. The number of carbonyl (C=O) groups is 1. The number of amides is 1. The van der Waals surface area contributed by atoms with Gasteiger partial charge in [0, 0.05) is 18.1 Å². The number of ether oxygens (including phenoxy) is 1. The Morgan fingerprint density at radius 1 is 1.54 bits per heavy atom. The minimum absolute atomic E-state index is 0.225. The van der Waals surface area contributed by atoms with Crippen molar-refractivity contribution in [2.45, 2.75) is 0 Å². The van der Waals surface area contributed by atoms with Crippen LogP contribution in [0.2, 0.25) is 0 Å². The van der Waals surface area contributed by atoms with E-state index in [-0.39, 0.29) is 6.61 Å². The van der Waals surface area contributed by atoms with E-state index in [9.17, 15) is 9.18 Å². The number of hydrogen-bond donors (Lipinski definition) is 1. The van der Waals surface area contributed by atoms with Crippen LogP contribution in [-0.2, 0) is 4.74 Å². The van der Waals surface area contributed by atoms with Crippen LogP contribution in [0, 0.1) is 0 Å². The van der Waals surface area contributed by atoms with Gasteiger partial charge in [-0.1, -0.05) is 0 Å². The molecule has 4 nitrogen and oxygen atoms in total. The van der Waals surface area contributed by atoms with Crippen molar-refractivity contribution in [3.8, 4) is 0 Å². The minimum atomic E-state index is -0.677. The Labute approximate surface area is 74.7 Å². The molecule has 1 rings (SSSR count). The zero-order valence-corrected chi connectivity index (χ0v) is 6.87. The zero-order valence-electron chi connectivity index (χ0n) is 6.87. The summed E-state index contributed by atoms with van der Waals surface area (Å²) in [6, 6.07) is 3.22. The largest absolute Gasteiger partial charge is 0.447 e. The van der Waals surface area contributed by atoms with E-state index >= 15 is 0 Å². The molecule has 0 spiro atoms. The van der Waals surface area contributed by atoms with Gasteiger partial charge in [0.15, 0.2) is 0 Å². The summed E-state index contributed by atoms with van der Waals surface area (Å²) in [7, 11) is 0. The van der Waals surface area contributed by atoms with E-state index in [2.05, 4.69) is 15.0 Å². The molecule has 0 saturated carbocycles. The predicted octanol–water partition coefficient (Wildman–Crippen LogP) is 1.60. The maximum absolute atomic E-state index is 11.6. The summed E-state index contributed by atoms with van der Waals surface area (Å²) < 4.78 is 16.0. The smallest absolute Gasteiger partial charge is 0.411 e. The number of nitrogens with one attached hydrogen (secondary N) is 1. The molecule has 1 aromatic heterocycles. The van der Waals surface area contributed by atoms with Gasteiger partial charge in [-0.15, -0.1) is 0 Å². The number of pyridine rings is 1. The third-order valence-corrected chi connectivity index (χ3v) is 1.24. The number of carbonyl (C=O) groups excluding carboxylic acids is 1. The SMILES string of the molecule is O=C(Nc1ccncc1)OCCF. The molecule has 0 saturated heterocycles. The summed E-state index contributed by atoms with van der Waals surface area (Å²) in [6.07, 6.45) is 2.40. The van der Waals surface area contributed by atoms with Crippen LogP contribution in [0.3, 0.4) is 0 Å². The highest BCUT2D eigenvalue weighted by molar-refractivity contribution is 5.84. The van der Waals surface area contributed by atoms with Gasteiger partial charge >= 0.3 is 6.09 Å². The topological polar surface area (TPSA) is 51.2 Å². The van der Waals surface area contributed by atoms with Gasteiger partial charge in [0.1, 0.15) is 13.3 Å². The van der Waals surface area contributed by atoms with E-state index in [1.165, 1.54) is 12.4 Å². The Bertz CT molecular complexity index is 266. The Morgan fingerprint density at radius 2 is 2.23 bits per heavy atom. The first-order chi connectivity index (χ1) is 6.33. The van der Waals surface area contributed by atoms with Gasteiger partial charge in [0.05, 0.1) is 0 Å². The van der Waals surface area contributed by atoms with Crippen molar-refractivity contribution in [3.63, 3.8) is 0 Å². The molecule has 0 aliphatic rings. The Hall–Kier alpha value is -1.65.